The summed E-state index contributed by atoms with van der Waals surface area (Å²) in [6, 6.07) is 9.17. The smallest absolute Gasteiger partial charge is 0.343 e. The van der Waals surface area contributed by atoms with E-state index in [-0.39, 0.29) is 39.4 Å². The van der Waals surface area contributed by atoms with Gasteiger partial charge in [0.15, 0.2) is 11.5 Å². The molecule has 0 aromatic heterocycles. The van der Waals surface area contributed by atoms with Crippen molar-refractivity contribution in [1.29, 1.82) is 0 Å². The van der Waals surface area contributed by atoms with Crippen molar-refractivity contribution in [2.24, 2.45) is 0 Å². The van der Waals surface area contributed by atoms with Crippen LogP contribution in [0.1, 0.15) is 28.8 Å². The van der Waals surface area contributed by atoms with Gasteiger partial charge >= 0.3 is 5.97 Å². The number of likely N-dealkylation sites (tertiary alicyclic amines) is 1. The number of ether oxygens (including phenoxy) is 2. The van der Waals surface area contributed by atoms with Crippen LogP contribution in [0.5, 0.6) is 11.5 Å². The van der Waals surface area contributed by atoms with Crippen molar-refractivity contribution in [3.63, 3.8) is 0 Å². The van der Waals surface area contributed by atoms with Crippen LogP contribution in [-0.2, 0) is 9.59 Å². The first-order chi connectivity index (χ1) is 16.8. The highest BCUT2D eigenvalue weighted by molar-refractivity contribution is 8.18. The van der Waals surface area contributed by atoms with Gasteiger partial charge in [0.25, 0.3) is 11.1 Å². The summed E-state index contributed by atoms with van der Waals surface area (Å²) in [5, 5.41) is 0.0352. The van der Waals surface area contributed by atoms with E-state index in [4.69, 9.17) is 32.7 Å². The maximum Gasteiger partial charge on any atom is 0.343 e. The fourth-order valence-corrected chi connectivity index (χ4v) is 4.87. The molecule has 0 bridgehead atoms. The number of hydrogen-bond donors (Lipinski definition) is 0. The normalized spacial score (nSPS) is 16.8. The summed E-state index contributed by atoms with van der Waals surface area (Å²) in [6.45, 7) is 0.988. The molecule has 2 fully saturated rings. The Labute approximate surface area is 215 Å². The number of hydrogen-bond acceptors (Lipinski definition) is 7. The van der Waals surface area contributed by atoms with Gasteiger partial charge in [-0.3, -0.25) is 19.3 Å². The van der Waals surface area contributed by atoms with Crippen molar-refractivity contribution in [2.45, 2.75) is 12.8 Å². The lowest BCUT2D eigenvalue weighted by atomic mass is 10.1. The number of amides is 3. The second kappa shape index (κ2) is 10.7. The predicted molar refractivity (Wildman–Crippen MR) is 133 cm³/mol. The van der Waals surface area contributed by atoms with E-state index in [1.807, 2.05) is 0 Å². The Morgan fingerprint density at radius 2 is 1.77 bits per heavy atom. The van der Waals surface area contributed by atoms with Gasteiger partial charge in [0.2, 0.25) is 5.91 Å². The van der Waals surface area contributed by atoms with Gasteiger partial charge in [-0.15, -0.1) is 0 Å². The van der Waals surface area contributed by atoms with Gasteiger partial charge in [0.1, 0.15) is 6.54 Å². The highest BCUT2D eigenvalue weighted by Crippen LogP contribution is 2.39. The predicted octanol–water partition coefficient (Wildman–Crippen LogP) is 4.88. The first-order valence-corrected chi connectivity index (χ1v) is 12.2. The number of esters is 1. The highest BCUT2D eigenvalue weighted by Gasteiger charge is 2.37. The van der Waals surface area contributed by atoms with Crippen LogP contribution < -0.4 is 9.47 Å². The molecule has 2 aromatic carbocycles. The van der Waals surface area contributed by atoms with E-state index in [0.29, 0.717) is 23.7 Å². The molecule has 2 aromatic rings. The summed E-state index contributed by atoms with van der Waals surface area (Å²) >= 11 is 13.0. The van der Waals surface area contributed by atoms with E-state index in [1.165, 1.54) is 37.5 Å². The molecule has 35 heavy (non-hydrogen) atoms. The first kappa shape index (κ1) is 25.1. The van der Waals surface area contributed by atoms with E-state index in [0.717, 1.165) is 29.5 Å². The van der Waals surface area contributed by atoms with Crippen LogP contribution in [0.3, 0.4) is 0 Å². The molecule has 3 amide bonds. The minimum atomic E-state index is -0.654. The van der Waals surface area contributed by atoms with E-state index in [1.54, 1.807) is 17.0 Å². The van der Waals surface area contributed by atoms with Crippen molar-refractivity contribution in [2.75, 3.05) is 26.7 Å². The molecule has 0 spiro atoms. The zero-order valence-corrected chi connectivity index (χ0v) is 20.9. The molecule has 2 heterocycles. The summed E-state index contributed by atoms with van der Waals surface area (Å²) in [5.74, 6) is -1.29. The van der Waals surface area contributed by atoms with Crippen molar-refractivity contribution >= 4 is 64.1 Å². The van der Waals surface area contributed by atoms with E-state index in [9.17, 15) is 19.2 Å². The van der Waals surface area contributed by atoms with Crippen molar-refractivity contribution in [3.05, 3.63) is 62.5 Å². The third-order valence-electron chi connectivity index (χ3n) is 5.45. The number of nitrogens with zero attached hydrogens (tertiary/aromatic N) is 2. The Morgan fingerprint density at radius 1 is 1.09 bits per heavy atom. The third kappa shape index (κ3) is 5.63. The number of methoxy groups -OCH3 is 1. The fraction of sp³-hybridized carbons (Fsp3) is 0.250. The number of halogens is 2. The number of carbonyl (C=O) groups is 4. The third-order valence-corrected chi connectivity index (χ3v) is 6.89. The highest BCUT2D eigenvalue weighted by atomic mass is 35.5. The van der Waals surface area contributed by atoms with Gasteiger partial charge in [0.05, 0.1) is 22.6 Å². The lowest BCUT2D eigenvalue weighted by molar-refractivity contribution is -0.135. The molecule has 0 saturated carbocycles. The molecule has 4 rings (SSSR count). The van der Waals surface area contributed by atoms with Gasteiger partial charge in [-0.25, -0.2) is 4.79 Å². The molecular formula is C24H20Cl2N2O6S. The molecule has 0 unspecified atom stereocenters. The monoisotopic (exact) mass is 534 g/mol. The summed E-state index contributed by atoms with van der Waals surface area (Å²) in [4.78, 5) is 52.8. The summed E-state index contributed by atoms with van der Waals surface area (Å²) in [6.07, 6.45) is 3.31. The lowest BCUT2D eigenvalue weighted by Crippen LogP contribution is -2.40. The number of thioether (sulfide) groups is 1. The van der Waals surface area contributed by atoms with Gasteiger partial charge in [-0.1, -0.05) is 23.2 Å². The van der Waals surface area contributed by atoms with Crippen molar-refractivity contribution < 1.29 is 28.7 Å². The minimum Gasteiger partial charge on any atom is -0.493 e. The molecule has 0 N–H and O–H groups in total. The maximum absolute atomic E-state index is 12.8. The Balaban J connectivity index is 1.52. The zero-order valence-electron chi connectivity index (χ0n) is 18.6. The average molecular weight is 535 g/mol. The zero-order chi connectivity index (χ0) is 25.1. The SMILES string of the molecule is COc1cc(/C=C2\SC(=O)N(CC(=O)N3CCCC3)C2=O)cc(Cl)c1OC(=O)c1ccc(Cl)cc1. The summed E-state index contributed by atoms with van der Waals surface area (Å²) in [5.41, 5.74) is 0.725. The van der Waals surface area contributed by atoms with Crippen LogP contribution in [0.15, 0.2) is 41.3 Å². The van der Waals surface area contributed by atoms with E-state index in [2.05, 4.69) is 0 Å². The topological polar surface area (TPSA) is 93.2 Å². The van der Waals surface area contributed by atoms with Gasteiger partial charge in [0, 0.05) is 18.1 Å². The van der Waals surface area contributed by atoms with Crippen molar-refractivity contribution in [3.8, 4) is 11.5 Å². The van der Waals surface area contributed by atoms with Crippen LogP contribution in [-0.4, -0.2) is 59.6 Å². The molecule has 11 heteroatoms. The van der Waals surface area contributed by atoms with Gasteiger partial charge in [-0.2, -0.15) is 0 Å². The number of imide groups is 1. The molecule has 0 atom stereocenters. The van der Waals surface area contributed by atoms with E-state index >= 15 is 0 Å². The summed E-state index contributed by atoms with van der Waals surface area (Å²) in [7, 11) is 1.38. The fourth-order valence-electron chi connectivity index (χ4n) is 3.65. The molecule has 8 nitrogen and oxygen atoms in total. The van der Waals surface area contributed by atoms with Crippen LogP contribution in [0.2, 0.25) is 10.0 Å². The number of rotatable bonds is 6. The Bertz CT molecular complexity index is 1230. The largest absolute Gasteiger partial charge is 0.493 e. The summed E-state index contributed by atoms with van der Waals surface area (Å²) < 4.78 is 10.8. The lowest BCUT2D eigenvalue weighted by Gasteiger charge is -2.18. The molecule has 0 radical (unpaired) electrons. The van der Waals surface area contributed by atoms with Gasteiger partial charge < -0.3 is 14.4 Å². The first-order valence-electron chi connectivity index (χ1n) is 10.6. The molecular weight excluding hydrogens is 515 g/mol. The maximum atomic E-state index is 12.8. The Kier molecular flexibility index (Phi) is 7.69. The molecule has 2 aliphatic heterocycles. The van der Waals surface area contributed by atoms with Crippen LogP contribution in [0.4, 0.5) is 4.79 Å². The molecule has 182 valence electrons. The van der Waals surface area contributed by atoms with Crippen LogP contribution >= 0.6 is 35.0 Å². The molecule has 2 saturated heterocycles. The van der Waals surface area contributed by atoms with Crippen LogP contribution in [0, 0.1) is 0 Å². The van der Waals surface area contributed by atoms with Gasteiger partial charge in [-0.05, 0) is 72.6 Å². The van der Waals surface area contributed by atoms with E-state index < -0.39 is 17.1 Å². The quantitative estimate of drug-likeness (QED) is 0.296. The standard InChI is InChI=1S/C24H20Cl2N2O6S/c1-33-18-11-14(10-17(26)21(18)34-23(31)15-4-6-16(25)7-5-15)12-19-22(30)28(24(32)35-19)13-20(29)27-8-2-3-9-27/h4-7,10-12H,2-3,8-9,13H2,1H3/b19-12-. The second-order valence-corrected chi connectivity index (χ2v) is 9.62. The Morgan fingerprint density at radius 3 is 2.43 bits per heavy atom. The number of carbonyl (C=O) groups excluding carboxylic acids is 4. The van der Waals surface area contributed by atoms with Crippen LogP contribution in [0.25, 0.3) is 6.08 Å². The number of benzene rings is 2. The molecule has 2 aliphatic rings. The minimum absolute atomic E-state index is 0.00980. The second-order valence-electron chi connectivity index (χ2n) is 7.79. The molecule has 0 aliphatic carbocycles. The average Bonchev–Trinajstić information content (AvgIpc) is 3.46. The van der Waals surface area contributed by atoms with Crippen molar-refractivity contribution in [1.82, 2.24) is 9.80 Å². The Hall–Kier alpha value is -3.01.